The zero-order valence-corrected chi connectivity index (χ0v) is 16.4. The van der Waals surface area contributed by atoms with E-state index >= 15 is 0 Å². The average Bonchev–Trinajstić information content (AvgIpc) is 2.92. The van der Waals surface area contributed by atoms with Crippen LogP contribution in [0.25, 0.3) is 0 Å². The lowest BCUT2D eigenvalue weighted by Gasteiger charge is -2.28. The first kappa shape index (κ1) is 19.8. The third-order valence-corrected chi connectivity index (χ3v) is 8.91. The standard InChI is InChI=1S/C17H26N2O5S2/c20-15-9-13-19(14-10-15)26(23,24)17-7-5-16(6-8-17)25(21,22)18-11-3-1-2-4-12-18/h5-8,15,20H,1-4,9-14H2. The molecule has 2 fully saturated rings. The second-order valence-electron chi connectivity index (χ2n) is 6.92. The summed E-state index contributed by atoms with van der Waals surface area (Å²) in [6.07, 6.45) is 4.16. The predicted molar refractivity (Wildman–Crippen MR) is 97.7 cm³/mol. The molecule has 26 heavy (non-hydrogen) atoms. The highest BCUT2D eigenvalue weighted by atomic mass is 32.2. The van der Waals surface area contributed by atoms with Gasteiger partial charge in [0.25, 0.3) is 0 Å². The fourth-order valence-electron chi connectivity index (χ4n) is 3.45. The van der Waals surface area contributed by atoms with Gasteiger partial charge in [0.1, 0.15) is 0 Å². The smallest absolute Gasteiger partial charge is 0.243 e. The summed E-state index contributed by atoms with van der Waals surface area (Å²) in [5.41, 5.74) is 0. The van der Waals surface area contributed by atoms with Crippen LogP contribution in [0.4, 0.5) is 0 Å². The largest absolute Gasteiger partial charge is 0.393 e. The van der Waals surface area contributed by atoms with Gasteiger partial charge in [-0.2, -0.15) is 8.61 Å². The van der Waals surface area contributed by atoms with E-state index in [9.17, 15) is 21.9 Å². The number of aliphatic hydroxyl groups excluding tert-OH is 1. The van der Waals surface area contributed by atoms with Crippen molar-refractivity contribution >= 4 is 20.0 Å². The van der Waals surface area contributed by atoms with Gasteiger partial charge in [-0.05, 0) is 49.9 Å². The van der Waals surface area contributed by atoms with Gasteiger partial charge in [0.2, 0.25) is 20.0 Å². The third kappa shape index (κ3) is 4.12. The third-order valence-electron chi connectivity index (χ3n) is 5.09. The SMILES string of the molecule is O=S(=O)(c1ccc(S(=O)(=O)N2CCC(O)CC2)cc1)N1CCCCCC1. The van der Waals surface area contributed by atoms with Gasteiger partial charge in [-0.1, -0.05) is 12.8 Å². The zero-order chi connectivity index (χ0) is 18.8. The molecular formula is C17H26N2O5S2. The fraction of sp³-hybridized carbons (Fsp3) is 0.647. The number of nitrogens with zero attached hydrogens (tertiary/aromatic N) is 2. The van der Waals surface area contributed by atoms with Crippen molar-refractivity contribution in [3.8, 4) is 0 Å². The van der Waals surface area contributed by atoms with E-state index in [1.807, 2.05) is 0 Å². The van der Waals surface area contributed by atoms with Crippen LogP contribution in [0.3, 0.4) is 0 Å². The summed E-state index contributed by atoms with van der Waals surface area (Å²) < 4.78 is 53.8. The second-order valence-corrected chi connectivity index (χ2v) is 10.8. The van der Waals surface area contributed by atoms with Crippen molar-refractivity contribution in [2.45, 2.75) is 54.4 Å². The van der Waals surface area contributed by atoms with Gasteiger partial charge in [0.15, 0.2) is 0 Å². The number of aliphatic hydroxyl groups is 1. The first-order valence-electron chi connectivity index (χ1n) is 9.10. The topological polar surface area (TPSA) is 95.0 Å². The van der Waals surface area contributed by atoms with Crippen LogP contribution in [0.15, 0.2) is 34.1 Å². The second kappa shape index (κ2) is 7.93. The molecular weight excluding hydrogens is 376 g/mol. The molecule has 0 atom stereocenters. The van der Waals surface area contributed by atoms with E-state index in [1.165, 1.54) is 32.9 Å². The maximum Gasteiger partial charge on any atom is 0.243 e. The predicted octanol–water partition coefficient (Wildman–Crippen LogP) is 1.40. The molecule has 7 nitrogen and oxygen atoms in total. The van der Waals surface area contributed by atoms with Crippen LogP contribution in [0, 0.1) is 0 Å². The molecule has 0 spiro atoms. The van der Waals surface area contributed by atoms with Crippen molar-refractivity contribution < 1.29 is 21.9 Å². The minimum absolute atomic E-state index is 0.0868. The normalized spacial score (nSPS) is 22.2. The van der Waals surface area contributed by atoms with Gasteiger partial charge in [-0.15, -0.1) is 0 Å². The summed E-state index contributed by atoms with van der Waals surface area (Å²) in [7, 11) is -7.25. The molecule has 2 aliphatic heterocycles. The molecule has 0 bridgehead atoms. The van der Waals surface area contributed by atoms with Crippen molar-refractivity contribution in [2.24, 2.45) is 0 Å². The van der Waals surface area contributed by atoms with E-state index in [2.05, 4.69) is 0 Å². The Bertz CT molecular complexity index is 805. The first-order chi connectivity index (χ1) is 12.3. The van der Waals surface area contributed by atoms with Gasteiger partial charge in [-0.25, -0.2) is 16.8 Å². The quantitative estimate of drug-likeness (QED) is 0.821. The highest BCUT2D eigenvalue weighted by molar-refractivity contribution is 7.89. The van der Waals surface area contributed by atoms with Crippen molar-refractivity contribution in [1.82, 2.24) is 8.61 Å². The Kier molecular flexibility index (Phi) is 6.03. The van der Waals surface area contributed by atoms with Crippen LogP contribution in [-0.4, -0.2) is 62.8 Å². The van der Waals surface area contributed by atoms with Crippen LogP contribution in [0.5, 0.6) is 0 Å². The number of piperidine rings is 1. The highest BCUT2D eigenvalue weighted by Crippen LogP contribution is 2.24. The minimum Gasteiger partial charge on any atom is -0.393 e. The lowest BCUT2D eigenvalue weighted by Crippen LogP contribution is -2.40. The number of sulfonamides is 2. The number of hydrogen-bond donors (Lipinski definition) is 1. The van der Waals surface area contributed by atoms with E-state index in [4.69, 9.17) is 0 Å². The Morgan fingerprint density at radius 2 is 1.08 bits per heavy atom. The van der Waals surface area contributed by atoms with Gasteiger partial charge < -0.3 is 5.11 Å². The summed E-state index contributed by atoms with van der Waals surface area (Å²) in [6, 6.07) is 5.49. The summed E-state index contributed by atoms with van der Waals surface area (Å²) in [4.78, 5) is 0.219. The van der Waals surface area contributed by atoms with Crippen LogP contribution < -0.4 is 0 Å². The van der Waals surface area contributed by atoms with Gasteiger partial charge in [0.05, 0.1) is 15.9 Å². The van der Waals surface area contributed by atoms with Crippen LogP contribution in [0.1, 0.15) is 38.5 Å². The molecule has 2 aliphatic rings. The summed E-state index contributed by atoms with van der Waals surface area (Å²) in [5.74, 6) is 0. The van der Waals surface area contributed by atoms with E-state index in [1.54, 1.807) is 0 Å². The fourth-order valence-corrected chi connectivity index (χ4v) is 6.43. The van der Waals surface area contributed by atoms with E-state index in [-0.39, 0.29) is 22.9 Å². The Morgan fingerprint density at radius 1 is 0.692 bits per heavy atom. The van der Waals surface area contributed by atoms with Crippen LogP contribution in [0.2, 0.25) is 0 Å². The average molecular weight is 403 g/mol. The highest BCUT2D eigenvalue weighted by Gasteiger charge is 2.30. The molecule has 0 unspecified atom stereocenters. The van der Waals surface area contributed by atoms with Crippen LogP contribution >= 0.6 is 0 Å². The molecule has 0 radical (unpaired) electrons. The lowest BCUT2D eigenvalue weighted by atomic mass is 10.1. The lowest BCUT2D eigenvalue weighted by molar-refractivity contribution is 0.113. The molecule has 2 saturated heterocycles. The van der Waals surface area contributed by atoms with Gasteiger partial charge >= 0.3 is 0 Å². The molecule has 2 heterocycles. The molecule has 0 aliphatic carbocycles. The number of hydrogen-bond acceptors (Lipinski definition) is 5. The molecule has 3 rings (SSSR count). The zero-order valence-electron chi connectivity index (χ0n) is 14.7. The summed E-state index contributed by atoms with van der Waals surface area (Å²) >= 11 is 0. The molecule has 146 valence electrons. The Morgan fingerprint density at radius 3 is 1.50 bits per heavy atom. The maximum absolute atomic E-state index is 12.8. The minimum atomic E-state index is -3.66. The molecule has 1 aromatic rings. The molecule has 0 amide bonds. The monoisotopic (exact) mass is 402 g/mol. The van der Waals surface area contributed by atoms with E-state index in [0.29, 0.717) is 25.9 Å². The molecule has 0 saturated carbocycles. The number of rotatable bonds is 4. The van der Waals surface area contributed by atoms with E-state index in [0.717, 1.165) is 25.7 Å². The molecule has 0 aromatic heterocycles. The van der Waals surface area contributed by atoms with Crippen molar-refractivity contribution in [3.63, 3.8) is 0 Å². The Labute approximate surface area is 155 Å². The molecule has 1 aromatic carbocycles. The number of benzene rings is 1. The van der Waals surface area contributed by atoms with Gasteiger partial charge in [-0.3, -0.25) is 0 Å². The van der Waals surface area contributed by atoms with Crippen molar-refractivity contribution in [3.05, 3.63) is 24.3 Å². The van der Waals surface area contributed by atoms with E-state index < -0.39 is 26.2 Å². The molecule has 1 N–H and O–H groups in total. The first-order valence-corrected chi connectivity index (χ1v) is 12.0. The summed E-state index contributed by atoms with van der Waals surface area (Å²) in [5, 5.41) is 9.54. The van der Waals surface area contributed by atoms with Crippen molar-refractivity contribution in [2.75, 3.05) is 26.2 Å². The maximum atomic E-state index is 12.8. The van der Waals surface area contributed by atoms with Crippen LogP contribution in [-0.2, 0) is 20.0 Å². The molecule has 9 heteroatoms. The van der Waals surface area contributed by atoms with Gasteiger partial charge in [0, 0.05) is 26.2 Å². The summed E-state index contributed by atoms with van der Waals surface area (Å²) in [6.45, 7) is 1.58. The Hall–Kier alpha value is -1.00. The van der Waals surface area contributed by atoms with Crippen molar-refractivity contribution in [1.29, 1.82) is 0 Å². The Balaban J connectivity index is 1.79.